The topological polar surface area (TPSA) is 306 Å². The van der Waals surface area contributed by atoms with Crippen molar-refractivity contribution in [3.8, 4) is 23.5 Å². The van der Waals surface area contributed by atoms with Crippen molar-refractivity contribution in [3.63, 3.8) is 0 Å². The summed E-state index contributed by atoms with van der Waals surface area (Å²) < 4.78 is 82.1. The van der Waals surface area contributed by atoms with Crippen LogP contribution in [0.1, 0.15) is 11.1 Å². The van der Waals surface area contributed by atoms with Crippen LogP contribution in [0, 0.1) is 0 Å². The molecule has 0 amide bonds. The molecule has 0 fully saturated rings. The van der Waals surface area contributed by atoms with Crippen molar-refractivity contribution in [2.75, 3.05) is 26.3 Å². The predicted molar refractivity (Wildman–Crippen MR) is 206 cm³/mol. The summed E-state index contributed by atoms with van der Waals surface area (Å²) in [4.78, 5) is 35.5. The number of nitrogens with one attached hydrogen (secondary N) is 4. The lowest BCUT2D eigenvalue weighted by Crippen LogP contribution is -2.27. The van der Waals surface area contributed by atoms with Gasteiger partial charge in [0.1, 0.15) is 21.3 Å². The summed E-state index contributed by atoms with van der Waals surface area (Å²) in [6, 6.07) is 24.9. The van der Waals surface area contributed by atoms with Gasteiger partial charge in [0.25, 0.3) is 20.2 Å². The summed E-state index contributed by atoms with van der Waals surface area (Å²) in [5.41, 5.74) is 0.0816. The summed E-state index contributed by atoms with van der Waals surface area (Å²) in [5.74, 6) is 0.883. The van der Waals surface area contributed by atoms with Crippen molar-refractivity contribution < 1.29 is 45.6 Å². The molecule has 8 N–H and O–H groups in total. The largest absolute Gasteiger partial charge is 0.426 e. The van der Waals surface area contributed by atoms with Crippen LogP contribution in [-0.2, 0) is 20.2 Å². The van der Waals surface area contributed by atoms with Crippen molar-refractivity contribution in [3.05, 3.63) is 131 Å². The number of para-hydroxylation sites is 2. The van der Waals surface area contributed by atoms with E-state index in [0.717, 1.165) is 12.1 Å². The lowest BCUT2D eigenvalue weighted by molar-refractivity contribution is 0.304. The lowest BCUT2D eigenvalue weighted by atomic mass is 10.1. The van der Waals surface area contributed by atoms with E-state index in [2.05, 4.69) is 49.9 Å². The highest BCUT2D eigenvalue weighted by Crippen LogP contribution is 2.27. The van der Waals surface area contributed by atoms with Gasteiger partial charge in [-0.3, -0.25) is 29.0 Å². The number of hydrogen-bond acceptors (Lipinski definition) is 14. The number of hydrogen-bond donors (Lipinski definition) is 8. The first-order valence-corrected chi connectivity index (χ1v) is 19.8. The Morgan fingerprint density at radius 2 is 0.966 bits per heavy atom. The summed E-state index contributed by atoms with van der Waals surface area (Å²) >= 11 is 0. The highest BCUT2D eigenvalue weighted by atomic mass is 32.2. The molecule has 6 rings (SSSR count). The third-order valence-corrected chi connectivity index (χ3v) is 9.26. The van der Waals surface area contributed by atoms with Gasteiger partial charge in [0.2, 0.25) is 22.5 Å². The number of nitrogens with zero attached hydrogens (tertiary/aromatic N) is 6. The molecule has 300 valence electrons. The van der Waals surface area contributed by atoms with Gasteiger partial charge in [-0.15, -0.1) is 0 Å². The number of aliphatic hydroxyl groups excluding tert-OH is 2. The molecular formula is C36H34N10O10S2. The molecule has 0 unspecified atom stereocenters. The molecule has 0 atom stereocenters. The average Bonchev–Trinajstić information content (AvgIpc) is 3.19. The molecule has 20 nitrogen and oxygen atoms in total. The fourth-order valence-corrected chi connectivity index (χ4v) is 6.40. The molecule has 0 aliphatic rings. The Morgan fingerprint density at radius 1 is 0.569 bits per heavy atom. The van der Waals surface area contributed by atoms with E-state index in [4.69, 9.17) is 9.47 Å². The number of ether oxygens (including phenoxy) is 2. The Balaban J connectivity index is 1.36. The molecular weight excluding hydrogens is 797 g/mol. The number of aliphatic hydroxyl groups is 2. The SMILES string of the molecule is O=S(=O)(O)c1cc(N=c2[nH]c(Oc3ccccc3)nc(=NCCO)[nH]2)ccc1/C=C/c1ccc(N=c2[nH]c(Oc3ccccc3)nc(=NCCO)[nH]2)cc1S(=O)(=O)O. The van der Waals surface area contributed by atoms with E-state index in [1.807, 2.05) is 0 Å². The van der Waals surface area contributed by atoms with E-state index < -0.39 is 30.0 Å². The molecule has 0 aliphatic heterocycles. The first-order chi connectivity index (χ1) is 27.9. The summed E-state index contributed by atoms with van der Waals surface area (Å²) in [6.07, 6.45) is 2.45. The minimum atomic E-state index is -4.88. The van der Waals surface area contributed by atoms with E-state index in [-0.39, 0.29) is 83.3 Å². The van der Waals surface area contributed by atoms with Gasteiger partial charge in [-0.1, -0.05) is 60.7 Å². The standard InChI is InChI=1S/C36H34N10O10S2/c47-19-17-37-31-41-33(45-35(43-31)55-27-7-3-1-4-8-27)39-25-15-13-23(29(21-25)57(49,50)51)11-12-24-14-16-26(22-30(24)58(52,53)54)40-34-42-32(38-18-20-48)44-36(46-34)56-28-9-5-2-6-10-28/h1-16,21-22,47-48H,17-20H2,(H,49,50,51)(H,52,53,54)(H2,37,39,41,43,45)(H2,38,40,42,44,46)/b12-11+. The summed E-state index contributed by atoms with van der Waals surface area (Å²) in [7, 11) is -9.75. The monoisotopic (exact) mass is 830 g/mol. The fraction of sp³-hybridized carbons (Fsp3) is 0.111. The Bertz CT molecular complexity index is 2750. The maximum absolute atomic E-state index is 12.6. The summed E-state index contributed by atoms with van der Waals surface area (Å²) in [6.45, 7) is -0.487. The molecule has 6 aromatic rings. The van der Waals surface area contributed by atoms with Gasteiger partial charge in [-0.2, -0.15) is 26.8 Å². The molecule has 22 heteroatoms. The van der Waals surface area contributed by atoms with Crippen LogP contribution in [-0.4, -0.2) is 92.4 Å². The van der Waals surface area contributed by atoms with E-state index >= 15 is 0 Å². The van der Waals surface area contributed by atoms with E-state index in [1.54, 1.807) is 60.7 Å². The predicted octanol–water partition coefficient (Wildman–Crippen LogP) is 2.29. The molecule has 0 saturated carbocycles. The maximum Gasteiger partial charge on any atom is 0.305 e. The zero-order chi connectivity index (χ0) is 41.1. The lowest BCUT2D eigenvalue weighted by Gasteiger charge is -2.07. The van der Waals surface area contributed by atoms with Gasteiger partial charge in [-0.05, 0) is 59.7 Å². The molecule has 2 heterocycles. The smallest absolute Gasteiger partial charge is 0.305 e. The van der Waals surface area contributed by atoms with Crippen LogP contribution in [0.25, 0.3) is 12.2 Å². The van der Waals surface area contributed by atoms with Crippen LogP contribution >= 0.6 is 0 Å². The summed E-state index contributed by atoms with van der Waals surface area (Å²) in [5, 5.41) is 18.5. The molecule has 2 aromatic heterocycles. The van der Waals surface area contributed by atoms with Crippen LogP contribution in [0.2, 0.25) is 0 Å². The quantitative estimate of drug-likeness (QED) is 0.0579. The molecule has 0 spiro atoms. The molecule has 0 aliphatic carbocycles. The van der Waals surface area contributed by atoms with E-state index in [1.165, 1.54) is 36.4 Å². The van der Waals surface area contributed by atoms with Crippen LogP contribution in [0.3, 0.4) is 0 Å². The van der Waals surface area contributed by atoms with Crippen molar-refractivity contribution in [2.45, 2.75) is 9.79 Å². The van der Waals surface area contributed by atoms with Gasteiger partial charge in [0.05, 0.1) is 37.7 Å². The Labute approximate surface area is 328 Å². The van der Waals surface area contributed by atoms with Gasteiger partial charge in [0, 0.05) is 0 Å². The van der Waals surface area contributed by atoms with Crippen molar-refractivity contribution in [1.29, 1.82) is 0 Å². The maximum atomic E-state index is 12.6. The highest BCUT2D eigenvalue weighted by molar-refractivity contribution is 7.86. The van der Waals surface area contributed by atoms with Crippen LogP contribution in [0.15, 0.2) is 127 Å². The van der Waals surface area contributed by atoms with Crippen LogP contribution in [0.5, 0.6) is 23.5 Å². The number of aromatic nitrogens is 6. The van der Waals surface area contributed by atoms with Crippen molar-refractivity contribution in [2.24, 2.45) is 20.0 Å². The van der Waals surface area contributed by atoms with E-state index in [9.17, 15) is 36.2 Å². The highest BCUT2D eigenvalue weighted by Gasteiger charge is 2.18. The molecule has 0 saturated heterocycles. The van der Waals surface area contributed by atoms with Crippen molar-refractivity contribution in [1.82, 2.24) is 29.9 Å². The zero-order valence-electron chi connectivity index (χ0n) is 30.0. The average molecular weight is 831 g/mol. The third kappa shape index (κ3) is 11.4. The minimum Gasteiger partial charge on any atom is -0.426 e. The molecule has 58 heavy (non-hydrogen) atoms. The fourth-order valence-electron chi connectivity index (χ4n) is 5.00. The van der Waals surface area contributed by atoms with Crippen LogP contribution in [0.4, 0.5) is 11.4 Å². The number of H-pyrrole nitrogens is 4. The van der Waals surface area contributed by atoms with E-state index in [0.29, 0.717) is 11.5 Å². The Morgan fingerprint density at radius 3 is 1.33 bits per heavy atom. The third-order valence-electron chi connectivity index (χ3n) is 7.44. The normalized spacial score (nSPS) is 13.4. The molecule has 4 aromatic carbocycles. The Hall–Kier alpha value is -6.82. The molecule has 0 bridgehead atoms. The second kappa shape index (κ2) is 18.4. The second-order valence-corrected chi connectivity index (χ2v) is 14.5. The zero-order valence-corrected chi connectivity index (χ0v) is 31.6. The second-order valence-electron chi connectivity index (χ2n) is 11.7. The number of aromatic amines is 4. The number of rotatable bonds is 14. The first kappa shape index (κ1) is 40.8. The van der Waals surface area contributed by atoms with Gasteiger partial charge >= 0.3 is 12.0 Å². The van der Waals surface area contributed by atoms with Crippen LogP contribution < -0.4 is 31.9 Å². The first-order valence-electron chi connectivity index (χ1n) is 17.0. The molecule has 0 radical (unpaired) electrons. The van der Waals surface area contributed by atoms with Crippen molar-refractivity contribution >= 4 is 43.8 Å². The van der Waals surface area contributed by atoms with Gasteiger partial charge in [0.15, 0.2) is 0 Å². The number of benzene rings is 4. The van der Waals surface area contributed by atoms with Gasteiger partial charge in [-0.25, -0.2) is 20.0 Å². The Kier molecular flexibility index (Phi) is 13.0. The van der Waals surface area contributed by atoms with Gasteiger partial charge < -0.3 is 19.7 Å². The minimum absolute atomic E-state index is 0.0133.